The Hall–Kier alpha value is -12.3. The smallest absolute Gasteiger partial charge is 0.170 e. The SMILES string of the molecule is Cc1cc(-c2ccc3c(c2)Oc2cc(-c4cc(C)c(-c5cc(-c6ccc(C#N)c(C#N)c6)cc(-c6ccc(C#N)c(C#N)c6)c5)cc4C)ccc2O3)c(C)cc1-c1cc(-c2ccc(C#N)c(C#N)c2)cc(-c2ccc(C#N)c(C#N)c2)c1. The molecule has 0 aromatic heterocycles. The Bertz CT molecular complexity index is 4310. The summed E-state index contributed by atoms with van der Waals surface area (Å²) in [5, 5.41) is 78.2. The van der Waals surface area contributed by atoms with Crippen molar-refractivity contribution in [3.8, 4) is 161 Å². The summed E-state index contributed by atoms with van der Waals surface area (Å²) in [7, 11) is 0. The van der Waals surface area contributed by atoms with Crippen LogP contribution in [-0.2, 0) is 0 Å². The maximum Gasteiger partial charge on any atom is 0.170 e. The topological polar surface area (TPSA) is 209 Å². The Balaban J connectivity index is 0.917. The van der Waals surface area contributed by atoms with E-state index in [0.717, 1.165) is 111 Å². The maximum atomic E-state index is 9.90. The van der Waals surface area contributed by atoms with Crippen molar-refractivity contribution in [1.29, 1.82) is 42.1 Å². The molecule has 1 aliphatic rings. The van der Waals surface area contributed by atoms with Gasteiger partial charge in [0.05, 0.1) is 44.5 Å². The van der Waals surface area contributed by atoms with Gasteiger partial charge in [-0.25, -0.2) is 0 Å². The average molecular weight is 1050 g/mol. The van der Waals surface area contributed by atoms with Gasteiger partial charge in [-0.2, -0.15) is 42.1 Å². The van der Waals surface area contributed by atoms with Crippen molar-refractivity contribution in [3.63, 3.8) is 0 Å². The number of hydrogen-bond acceptors (Lipinski definition) is 10. The molecule has 1 heterocycles. The first-order valence-corrected chi connectivity index (χ1v) is 25.8. The maximum absolute atomic E-state index is 9.90. The number of nitriles is 8. The lowest BCUT2D eigenvalue weighted by Gasteiger charge is -2.23. The van der Waals surface area contributed by atoms with E-state index in [2.05, 4.69) is 125 Å². The third-order valence-electron chi connectivity index (χ3n) is 15.0. The molecule has 0 atom stereocenters. The first kappa shape index (κ1) is 51.8. The minimum atomic E-state index is 0.267. The summed E-state index contributed by atoms with van der Waals surface area (Å²) in [4.78, 5) is 0. The van der Waals surface area contributed by atoms with Crippen LogP contribution in [0.15, 0.2) is 170 Å². The molecule has 0 bridgehead atoms. The van der Waals surface area contributed by atoms with E-state index in [1.54, 1.807) is 48.5 Å². The minimum Gasteiger partial charge on any atom is -0.450 e. The van der Waals surface area contributed by atoms with Gasteiger partial charge in [0.25, 0.3) is 0 Å². The molecule has 380 valence electrons. The quantitative estimate of drug-likeness (QED) is 0.141. The molecular formula is C72H40N8O2. The molecule has 10 aromatic rings. The lowest BCUT2D eigenvalue weighted by molar-refractivity contribution is 0.360. The fourth-order valence-corrected chi connectivity index (χ4v) is 10.7. The van der Waals surface area contributed by atoms with Gasteiger partial charge in [0.15, 0.2) is 23.0 Å². The molecule has 0 aliphatic carbocycles. The van der Waals surface area contributed by atoms with Crippen molar-refractivity contribution in [2.45, 2.75) is 27.7 Å². The Kier molecular flexibility index (Phi) is 13.4. The van der Waals surface area contributed by atoms with Crippen molar-refractivity contribution < 1.29 is 9.47 Å². The fourth-order valence-electron chi connectivity index (χ4n) is 10.7. The number of rotatable bonds is 8. The predicted octanol–water partition coefficient (Wildman–Crippen LogP) is 17.1. The number of benzene rings is 10. The van der Waals surface area contributed by atoms with E-state index in [0.29, 0.717) is 23.0 Å². The molecule has 82 heavy (non-hydrogen) atoms. The summed E-state index contributed by atoms with van der Waals surface area (Å²) in [6.45, 7) is 8.24. The molecule has 0 saturated carbocycles. The Morgan fingerprint density at radius 2 is 0.439 bits per heavy atom. The van der Waals surface area contributed by atoms with Gasteiger partial charge in [-0.05, 0) is 248 Å². The second-order valence-corrected chi connectivity index (χ2v) is 20.0. The van der Waals surface area contributed by atoms with E-state index in [1.807, 2.05) is 72.8 Å². The normalized spacial score (nSPS) is 10.8. The molecule has 1 aliphatic heterocycles. The molecular weight excluding hydrogens is 1010 g/mol. The molecule has 0 fully saturated rings. The largest absolute Gasteiger partial charge is 0.450 e. The monoisotopic (exact) mass is 1050 g/mol. The van der Waals surface area contributed by atoms with Crippen molar-refractivity contribution >= 4 is 0 Å². The summed E-state index contributed by atoms with van der Waals surface area (Å²) in [5.41, 5.74) is 20.0. The predicted molar refractivity (Wildman–Crippen MR) is 313 cm³/mol. The Labute approximate surface area is 474 Å². The Morgan fingerprint density at radius 1 is 0.207 bits per heavy atom. The van der Waals surface area contributed by atoms with Gasteiger partial charge >= 0.3 is 0 Å². The average Bonchev–Trinajstić information content (AvgIpc) is 3.52. The van der Waals surface area contributed by atoms with Crippen LogP contribution in [0, 0.1) is 118 Å². The number of ether oxygens (including phenoxy) is 2. The molecule has 10 heteroatoms. The summed E-state index contributed by atoms with van der Waals surface area (Å²) in [6.07, 6.45) is 0. The molecule has 10 aromatic carbocycles. The van der Waals surface area contributed by atoms with Crippen LogP contribution < -0.4 is 9.47 Å². The molecule has 10 nitrogen and oxygen atoms in total. The van der Waals surface area contributed by atoms with Crippen LogP contribution in [0.5, 0.6) is 23.0 Å². The highest BCUT2D eigenvalue weighted by atomic mass is 16.6. The number of nitrogens with zero attached hydrogens (tertiary/aromatic N) is 8. The standard InChI is InChI=1S/C72H40N8O2/c1-41-19-67(59-27-55(45-5-9-51(33-73)61(21-45)37-77)25-56(28-59)46-6-10-52(34-74)62(22-46)38-78)43(3)17-65(41)49-13-15-69-71(31-49)82-72-32-50(14-16-70(72)81-69)66-18-44(4)68(20-42(66)2)60-29-57(47-7-11-53(35-75)63(23-47)39-79)26-58(30-60)48-8-12-54(36-76)64(24-48)40-80/h5-32H,1-4H3. The second kappa shape index (κ2) is 21.3. The van der Waals surface area contributed by atoms with Crippen LogP contribution in [0.4, 0.5) is 0 Å². The summed E-state index contributed by atoms with van der Waals surface area (Å²) < 4.78 is 13.2. The van der Waals surface area contributed by atoms with E-state index in [-0.39, 0.29) is 44.5 Å². The van der Waals surface area contributed by atoms with Crippen molar-refractivity contribution in [3.05, 3.63) is 237 Å². The zero-order chi connectivity index (χ0) is 57.3. The van der Waals surface area contributed by atoms with E-state index < -0.39 is 0 Å². The van der Waals surface area contributed by atoms with Crippen LogP contribution in [0.25, 0.3) is 89.0 Å². The van der Waals surface area contributed by atoms with Crippen LogP contribution in [-0.4, -0.2) is 0 Å². The molecule has 0 spiro atoms. The fraction of sp³-hybridized carbons (Fsp3) is 0.0556. The van der Waals surface area contributed by atoms with E-state index >= 15 is 0 Å². The van der Waals surface area contributed by atoms with Gasteiger partial charge in [0.1, 0.15) is 48.6 Å². The number of aryl methyl sites for hydroxylation is 4. The van der Waals surface area contributed by atoms with Crippen molar-refractivity contribution in [2.24, 2.45) is 0 Å². The van der Waals surface area contributed by atoms with Crippen LogP contribution in [0.3, 0.4) is 0 Å². The van der Waals surface area contributed by atoms with Crippen LogP contribution in [0.2, 0.25) is 0 Å². The number of hydrogen-bond donors (Lipinski definition) is 0. The Morgan fingerprint density at radius 3 is 0.707 bits per heavy atom. The highest BCUT2D eigenvalue weighted by Gasteiger charge is 2.23. The zero-order valence-corrected chi connectivity index (χ0v) is 44.6. The lowest BCUT2D eigenvalue weighted by atomic mass is 9.88. The highest BCUT2D eigenvalue weighted by molar-refractivity contribution is 5.88. The first-order valence-electron chi connectivity index (χ1n) is 25.8. The molecule has 0 N–H and O–H groups in total. The number of fused-ring (bicyclic) bond motifs is 2. The molecule has 0 saturated heterocycles. The van der Waals surface area contributed by atoms with Gasteiger partial charge in [0, 0.05) is 0 Å². The summed E-state index contributed by atoms with van der Waals surface area (Å²) in [6, 6.07) is 70.4. The lowest BCUT2D eigenvalue weighted by Crippen LogP contribution is -2.00. The van der Waals surface area contributed by atoms with Gasteiger partial charge in [-0.15, -0.1) is 0 Å². The van der Waals surface area contributed by atoms with Crippen LogP contribution >= 0.6 is 0 Å². The van der Waals surface area contributed by atoms with Gasteiger partial charge in [0.2, 0.25) is 0 Å². The molecule has 0 amide bonds. The summed E-state index contributed by atoms with van der Waals surface area (Å²) in [5.74, 6) is 2.28. The van der Waals surface area contributed by atoms with Crippen molar-refractivity contribution in [1.82, 2.24) is 0 Å². The van der Waals surface area contributed by atoms with E-state index in [1.165, 1.54) is 0 Å². The third-order valence-corrected chi connectivity index (χ3v) is 15.0. The minimum absolute atomic E-state index is 0.267. The van der Waals surface area contributed by atoms with E-state index in [4.69, 9.17) is 9.47 Å². The van der Waals surface area contributed by atoms with Crippen molar-refractivity contribution in [2.75, 3.05) is 0 Å². The molecule has 11 rings (SSSR count). The van der Waals surface area contributed by atoms with Gasteiger partial charge in [-0.3, -0.25) is 0 Å². The van der Waals surface area contributed by atoms with E-state index in [9.17, 15) is 42.1 Å². The summed E-state index contributed by atoms with van der Waals surface area (Å²) >= 11 is 0. The third kappa shape index (κ3) is 9.54. The second-order valence-electron chi connectivity index (χ2n) is 20.0. The molecule has 0 unspecified atom stereocenters. The highest BCUT2D eigenvalue weighted by Crippen LogP contribution is 2.49. The van der Waals surface area contributed by atoms with Gasteiger partial charge < -0.3 is 9.47 Å². The first-order chi connectivity index (χ1) is 39.8. The zero-order valence-electron chi connectivity index (χ0n) is 44.6. The van der Waals surface area contributed by atoms with Crippen LogP contribution in [0.1, 0.15) is 66.8 Å². The van der Waals surface area contributed by atoms with Gasteiger partial charge in [-0.1, -0.05) is 60.7 Å². The molecule has 0 radical (unpaired) electrons.